The average molecular weight is 792 g/mol. The molecule has 5 nitrogen and oxygen atoms in total. The van der Waals surface area contributed by atoms with Gasteiger partial charge in [-0.2, -0.15) is 0 Å². The van der Waals surface area contributed by atoms with Crippen LogP contribution in [-0.2, 0) is 5.41 Å². The molecule has 4 aliphatic rings. The Morgan fingerprint density at radius 1 is 0.290 bits per heavy atom. The lowest BCUT2D eigenvalue weighted by atomic mass is 9.64. The third kappa shape index (κ3) is 4.84. The van der Waals surface area contributed by atoms with E-state index in [4.69, 9.17) is 9.97 Å². The molecule has 0 fully saturated rings. The zero-order valence-corrected chi connectivity index (χ0v) is 33.6. The molecule has 1 aliphatic carbocycles. The van der Waals surface area contributed by atoms with Gasteiger partial charge in [-0.05, 0) is 129 Å². The average Bonchev–Trinajstić information content (AvgIpc) is 3.41. The van der Waals surface area contributed by atoms with E-state index in [1.165, 1.54) is 0 Å². The van der Waals surface area contributed by atoms with Gasteiger partial charge in [0, 0.05) is 29.5 Å². The van der Waals surface area contributed by atoms with Crippen LogP contribution >= 0.6 is 0 Å². The van der Waals surface area contributed by atoms with Crippen LogP contribution in [0.25, 0.3) is 35.7 Å². The van der Waals surface area contributed by atoms with Crippen molar-refractivity contribution in [2.45, 2.75) is 5.41 Å². The Balaban J connectivity index is 1.15. The van der Waals surface area contributed by atoms with Crippen LogP contribution in [0.1, 0.15) is 44.5 Å². The van der Waals surface area contributed by atoms with E-state index < -0.39 is 5.41 Å². The predicted molar refractivity (Wildman–Crippen MR) is 255 cm³/mol. The molecule has 3 aliphatic heterocycles. The van der Waals surface area contributed by atoms with E-state index in [-0.39, 0.29) is 0 Å². The highest BCUT2D eigenvalue weighted by molar-refractivity contribution is 6.00. The summed E-state index contributed by atoms with van der Waals surface area (Å²) >= 11 is 0. The number of para-hydroxylation sites is 5. The molecule has 0 saturated carbocycles. The first-order valence-corrected chi connectivity index (χ1v) is 21.2. The Morgan fingerprint density at radius 3 is 1.08 bits per heavy atom. The van der Waals surface area contributed by atoms with Crippen molar-refractivity contribution >= 4 is 75.5 Å². The van der Waals surface area contributed by atoms with Crippen LogP contribution in [0, 0.1) is 0 Å². The SMILES string of the molecule is C1=Cc2ccccc2N(c2ccc3c(c2)C2(c4cc(N5c6ccccc6C=Cc6ccccc65)ccc4N3c3ccccc3)c3cccnc3-c3ncccc32)c2ccccc21. The molecule has 0 N–H and O–H groups in total. The summed E-state index contributed by atoms with van der Waals surface area (Å²) in [5, 5.41) is 0. The summed E-state index contributed by atoms with van der Waals surface area (Å²) in [6.07, 6.45) is 12.7. The zero-order chi connectivity index (χ0) is 40.8. The van der Waals surface area contributed by atoms with Crippen LogP contribution in [0.4, 0.5) is 51.2 Å². The van der Waals surface area contributed by atoms with Crippen molar-refractivity contribution in [3.63, 3.8) is 0 Å². The molecular formula is C57H37N5. The fourth-order valence-electron chi connectivity index (χ4n) is 10.5. The molecule has 13 rings (SSSR count). The van der Waals surface area contributed by atoms with E-state index in [0.717, 1.165) is 107 Å². The highest BCUT2D eigenvalue weighted by Gasteiger charge is 2.53. The Morgan fingerprint density at radius 2 is 0.661 bits per heavy atom. The molecule has 0 unspecified atom stereocenters. The smallest absolute Gasteiger partial charge is 0.0937 e. The molecule has 1 spiro atoms. The fourth-order valence-corrected chi connectivity index (χ4v) is 10.5. The first-order chi connectivity index (χ1) is 30.8. The van der Waals surface area contributed by atoms with E-state index in [0.29, 0.717) is 0 Å². The molecule has 2 aromatic heterocycles. The lowest BCUT2D eigenvalue weighted by molar-refractivity contribution is 0.749. The summed E-state index contributed by atoms with van der Waals surface area (Å²) < 4.78 is 0. The van der Waals surface area contributed by atoms with Crippen LogP contribution < -0.4 is 14.7 Å². The van der Waals surface area contributed by atoms with Crippen molar-refractivity contribution in [2.24, 2.45) is 0 Å². The molecule has 0 radical (unpaired) electrons. The van der Waals surface area contributed by atoms with Crippen LogP contribution in [-0.4, -0.2) is 9.97 Å². The number of aromatic nitrogens is 2. The van der Waals surface area contributed by atoms with E-state index in [2.05, 4.69) is 227 Å². The molecule has 5 heteroatoms. The molecule has 62 heavy (non-hydrogen) atoms. The number of anilines is 9. The number of nitrogens with zero attached hydrogens (tertiary/aromatic N) is 5. The Hall–Kier alpha value is -8.28. The molecule has 290 valence electrons. The van der Waals surface area contributed by atoms with Gasteiger partial charge in [0.25, 0.3) is 0 Å². The van der Waals surface area contributed by atoms with Gasteiger partial charge in [-0.25, -0.2) is 0 Å². The molecule has 9 aromatic rings. The van der Waals surface area contributed by atoms with Crippen molar-refractivity contribution < 1.29 is 0 Å². The summed E-state index contributed by atoms with van der Waals surface area (Å²) in [5.74, 6) is 0. The molecule has 0 bridgehead atoms. The molecule has 0 atom stereocenters. The molecule has 7 aromatic carbocycles. The van der Waals surface area contributed by atoms with E-state index in [9.17, 15) is 0 Å². The molecule has 0 amide bonds. The standard InChI is InChI=1S/C57H37N5/c1-2-18-42(19-3-1)60-53-32-30-43(61-49-22-8-4-14-38(49)26-27-39-15-5-9-23-50(39)61)36-47(53)57(45-20-12-34-58-55(45)56-46(57)21-13-35-59-56)48-37-44(31-33-54(48)60)62-51-24-10-6-16-40(51)28-29-41-17-7-11-25-52(41)62/h1-37H. The number of hydrogen-bond acceptors (Lipinski definition) is 5. The second kappa shape index (κ2) is 13.4. The quantitative estimate of drug-likeness (QED) is 0.178. The summed E-state index contributed by atoms with van der Waals surface area (Å²) in [6.45, 7) is 0. The lowest BCUT2D eigenvalue weighted by Crippen LogP contribution is -2.36. The van der Waals surface area contributed by atoms with E-state index in [1.807, 2.05) is 12.4 Å². The van der Waals surface area contributed by atoms with Crippen LogP contribution in [0.15, 0.2) is 200 Å². The maximum Gasteiger partial charge on any atom is 0.0937 e. The Kier molecular flexibility index (Phi) is 7.45. The molecular weight excluding hydrogens is 755 g/mol. The van der Waals surface area contributed by atoms with Gasteiger partial charge >= 0.3 is 0 Å². The van der Waals surface area contributed by atoms with E-state index in [1.54, 1.807) is 0 Å². The zero-order valence-electron chi connectivity index (χ0n) is 33.6. The van der Waals surface area contributed by atoms with Gasteiger partial charge in [0.1, 0.15) is 0 Å². The van der Waals surface area contributed by atoms with Crippen molar-refractivity contribution in [3.8, 4) is 11.4 Å². The number of fused-ring (bicyclic) bond motifs is 13. The minimum Gasteiger partial charge on any atom is -0.310 e. The Labute approximate surface area is 360 Å². The van der Waals surface area contributed by atoms with Crippen molar-refractivity contribution in [1.29, 1.82) is 0 Å². The van der Waals surface area contributed by atoms with Gasteiger partial charge in [-0.3, -0.25) is 9.97 Å². The van der Waals surface area contributed by atoms with Crippen molar-refractivity contribution in [1.82, 2.24) is 9.97 Å². The Bertz CT molecular complexity index is 3040. The van der Waals surface area contributed by atoms with Gasteiger partial charge in [0.15, 0.2) is 0 Å². The third-order valence-electron chi connectivity index (χ3n) is 13.0. The second-order valence-electron chi connectivity index (χ2n) is 16.2. The van der Waals surface area contributed by atoms with Crippen LogP contribution in [0.2, 0.25) is 0 Å². The highest BCUT2D eigenvalue weighted by atomic mass is 15.2. The van der Waals surface area contributed by atoms with Gasteiger partial charge in [0.05, 0.1) is 50.9 Å². The predicted octanol–water partition coefficient (Wildman–Crippen LogP) is 14.5. The van der Waals surface area contributed by atoms with E-state index >= 15 is 0 Å². The topological polar surface area (TPSA) is 35.5 Å². The molecule has 0 saturated heterocycles. The largest absolute Gasteiger partial charge is 0.310 e. The summed E-state index contributed by atoms with van der Waals surface area (Å²) in [7, 11) is 0. The summed E-state index contributed by atoms with van der Waals surface area (Å²) in [6, 6.07) is 68.4. The monoisotopic (exact) mass is 791 g/mol. The van der Waals surface area contributed by atoms with Crippen LogP contribution in [0.5, 0.6) is 0 Å². The van der Waals surface area contributed by atoms with Gasteiger partial charge < -0.3 is 14.7 Å². The number of rotatable bonds is 3. The first kappa shape index (κ1) is 34.6. The van der Waals surface area contributed by atoms with Gasteiger partial charge in [-0.15, -0.1) is 0 Å². The van der Waals surface area contributed by atoms with Crippen LogP contribution in [0.3, 0.4) is 0 Å². The minimum absolute atomic E-state index is 0.790. The third-order valence-corrected chi connectivity index (χ3v) is 13.0. The normalized spacial score (nSPS) is 14.4. The second-order valence-corrected chi connectivity index (χ2v) is 16.2. The number of benzene rings is 7. The highest BCUT2D eigenvalue weighted by Crippen LogP contribution is 2.64. The first-order valence-electron chi connectivity index (χ1n) is 21.2. The van der Waals surface area contributed by atoms with Gasteiger partial charge in [-0.1, -0.05) is 127 Å². The molecule has 5 heterocycles. The lowest BCUT2D eigenvalue weighted by Gasteiger charge is -2.45. The number of hydrogen-bond donors (Lipinski definition) is 0. The maximum atomic E-state index is 5.13. The number of pyridine rings is 2. The minimum atomic E-state index is -0.790. The van der Waals surface area contributed by atoms with Gasteiger partial charge in [0.2, 0.25) is 0 Å². The van der Waals surface area contributed by atoms with Crippen molar-refractivity contribution in [2.75, 3.05) is 14.7 Å². The maximum absolute atomic E-state index is 5.13. The van der Waals surface area contributed by atoms with Crippen molar-refractivity contribution in [3.05, 3.63) is 245 Å². The summed E-state index contributed by atoms with van der Waals surface area (Å²) in [4.78, 5) is 17.6. The summed E-state index contributed by atoms with van der Waals surface area (Å²) in [5.41, 5.74) is 20.2. The fraction of sp³-hybridized carbons (Fsp3) is 0.0175.